The Balaban J connectivity index is -0.0000000501. The summed E-state index contributed by atoms with van der Waals surface area (Å²) in [7, 11) is -30.8. The van der Waals surface area contributed by atoms with Gasteiger partial charge in [0.1, 0.15) is 0 Å². The summed E-state index contributed by atoms with van der Waals surface area (Å²) in [6.45, 7) is 1.08. The van der Waals surface area contributed by atoms with E-state index in [0.717, 1.165) is 6.92 Å². The van der Waals surface area contributed by atoms with Crippen molar-refractivity contribution in [3.8, 4) is 0 Å². The molecule has 0 aromatic rings. The van der Waals surface area contributed by atoms with Crippen molar-refractivity contribution in [2.75, 3.05) is 0 Å². The Morgan fingerprint density at radius 1 is 0.412 bits per heavy atom. The average molecular weight is 660 g/mol. The predicted octanol–water partition coefficient (Wildman–Crippen LogP) is 0.383. The van der Waals surface area contributed by atoms with Gasteiger partial charge in [0.25, 0.3) is 5.97 Å². The fourth-order valence-electron chi connectivity index (χ4n) is 0. The standard InChI is InChI=1S/C2H4O2.6FH2O3P/c1-2(3)4;6*1-5(2,3)4/h1H3,(H,3,4);6*(H2,2,3,4). The molecule has 0 fully saturated rings. The molecule has 0 bridgehead atoms. The summed E-state index contributed by atoms with van der Waals surface area (Å²) >= 11 is 0. The maximum absolute atomic E-state index is 10.4. The van der Waals surface area contributed by atoms with Crippen molar-refractivity contribution < 1.29 is 121 Å². The van der Waals surface area contributed by atoms with Crippen molar-refractivity contribution in [1.29, 1.82) is 0 Å². The van der Waals surface area contributed by atoms with Gasteiger partial charge in [-0.25, -0.2) is 27.4 Å². The normalized spacial score (nSPS) is 11.1. The first-order chi connectivity index (χ1) is 13.7. The summed E-state index contributed by atoms with van der Waals surface area (Å²) in [6.07, 6.45) is 0. The molecule has 0 aromatic heterocycles. The Morgan fingerprint density at radius 3 is 0.412 bits per heavy atom. The van der Waals surface area contributed by atoms with E-state index in [1.807, 2.05) is 0 Å². The van der Waals surface area contributed by atoms with Crippen LogP contribution in [0.5, 0.6) is 0 Å². The molecule has 13 N–H and O–H groups in total. The van der Waals surface area contributed by atoms with Gasteiger partial charge < -0.3 is 5.11 Å². The molecule has 216 valence electrons. The van der Waals surface area contributed by atoms with Crippen molar-refractivity contribution in [2.24, 2.45) is 0 Å². The van der Waals surface area contributed by atoms with E-state index in [4.69, 9.17) is 96.0 Å². The molecule has 0 rings (SSSR count). The van der Waals surface area contributed by atoms with E-state index in [2.05, 4.69) is 0 Å². The van der Waals surface area contributed by atoms with Crippen LogP contribution in [0.3, 0.4) is 0 Å². The summed E-state index contributed by atoms with van der Waals surface area (Å²) in [6, 6.07) is 0. The zero-order chi connectivity index (χ0) is 30.6. The number of carbonyl (C=O) groups is 1. The number of aliphatic carboxylic acids is 1. The van der Waals surface area contributed by atoms with Crippen LogP contribution in [0.2, 0.25) is 0 Å². The van der Waals surface area contributed by atoms with Gasteiger partial charge in [-0.2, -0.15) is 0 Å². The van der Waals surface area contributed by atoms with Gasteiger partial charge in [0.05, 0.1) is 0 Å². The van der Waals surface area contributed by atoms with E-state index in [1.54, 1.807) is 0 Å². The van der Waals surface area contributed by atoms with Crippen molar-refractivity contribution >= 4 is 53.4 Å². The molecule has 20 nitrogen and oxygen atoms in total. The highest BCUT2D eigenvalue weighted by molar-refractivity contribution is 7.46. The van der Waals surface area contributed by atoms with Crippen LogP contribution in [0.15, 0.2) is 0 Å². The summed E-state index contributed by atoms with van der Waals surface area (Å²) in [5, 5.41) is 7.42. The molecule has 0 saturated carbocycles. The summed E-state index contributed by atoms with van der Waals surface area (Å²) in [5.74, 6) is -0.833. The van der Waals surface area contributed by atoms with Crippen molar-refractivity contribution in [2.45, 2.75) is 6.92 Å². The smallest absolute Gasteiger partial charge is 0.481 e. The van der Waals surface area contributed by atoms with Crippen LogP contribution in [-0.2, 0) is 32.2 Å². The molecule has 0 spiro atoms. The number of hydrogen-bond acceptors (Lipinski definition) is 7. The number of hydrogen-bond donors (Lipinski definition) is 13. The van der Waals surface area contributed by atoms with Gasteiger partial charge in [-0.1, -0.05) is 0 Å². The largest absolute Gasteiger partial charge is 0.507 e. The fraction of sp³-hybridized carbons (Fsp3) is 0.500. The molecular formula is C2H16F6O20P6. The van der Waals surface area contributed by atoms with Crippen molar-refractivity contribution in [3.05, 3.63) is 0 Å². The Morgan fingerprint density at radius 2 is 0.412 bits per heavy atom. The van der Waals surface area contributed by atoms with Gasteiger partial charge in [-0.05, 0) is 0 Å². The van der Waals surface area contributed by atoms with E-state index in [-0.39, 0.29) is 0 Å². The molecule has 0 saturated heterocycles. The van der Waals surface area contributed by atoms with Gasteiger partial charge in [-0.3, -0.25) is 63.5 Å². The highest BCUT2D eigenvalue weighted by Crippen LogP contribution is 2.37. The molecule has 0 aromatic carbocycles. The second-order valence-electron chi connectivity index (χ2n) is 3.36. The molecule has 32 heteroatoms. The van der Waals surface area contributed by atoms with Crippen LogP contribution in [0.25, 0.3) is 0 Å². The SMILES string of the molecule is CC(=O)O.O=P(O)(O)F.O=P(O)(O)F.O=P(O)(O)F.O=P(O)(O)F.O=P(O)(O)F.O=P(O)(O)F. The second-order valence-corrected chi connectivity index (χ2v) is 9.03. The monoisotopic (exact) mass is 660 g/mol. The summed E-state index contributed by atoms with van der Waals surface area (Å²) < 4.78 is 114. The van der Waals surface area contributed by atoms with Gasteiger partial charge in [0.15, 0.2) is 0 Å². The van der Waals surface area contributed by atoms with E-state index in [9.17, 15) is 25.2 Å². The Kier molecular flexibility index (Phi) is 33.1. The molecule has 0 aliphatic carbocycles. The highest BCUT2D eigenvalue weighted by atomic mass is 31.2. The first-order valence-corrected chi connectivity index (χ1v) is 14.5. The molecule has 0 heterocycles. The zero-order valence-electron chi connectivity index (χ0n) is 15.1. The van der Waals surface area contributed by atoms with Crippen LogP contribution in [0.1, 0.15) is 6.92 Å². The zero-order valence-corrected chi connectivity index (χ0v) is 20.5. The first-order valence-electron chi connectivity index (χ1n) is 5.44. The lowest BCUT2D eigenvalue weighted by molar-refractivity contribution is -0.134. The fourth-order valence-corrected chi connectivity index (χ4v) is 0. The van der Waals surface area contributed by atoms with Crippen LogP contribution in [0, 0.1) is 0 Å². The predicted molar refractivity (Wildman–Crippen MR) is 92.2 cm³/mol. The lowest BCUT2D eigenvalue weighted by Crippen LogP contribution is -1.78. The molecule has 0 aliphatic heterocycles. The maximum Gasteiger partial charge on any atom is 0.507 e. The second kappa shape index (κ2) is 22.2. The van der Waals surface area contributed by atoms with Crippen LogP contribution in [-0.4, -0.2) is 69.8 Å². The first kappa shape index (κ1) is 50.7. The van der Waals surface area contributed by atoms with Gasteiger partial charge in [-0.15, -0.1) is 25.2 Å². The minimum absolute atomic E-state index is 0.833. The Labute approximate surface area is 182 Å². The van der Waals surface area contributed by atoms with Crippen molar-refractivity contribution in [1.82, 2.24) is 0 Å². The van der Waals surface area contributed by atoms with E-state index in [1.165, 1.54) is 0 Å². The number of halogens is 6. The average Bonchev–Trinajstić information content (AvgIpc) is 2.08. The lowest BCUT2D eigenvalue weighted by atomic mass is 10.9. The third-order valence-corrected chi connectivity index (χ3v) is 0. The summed E-state index contributed by atoms with van der Waals surface area (Å²) in [4.78, 5) is 92.6. The lowest BCUT2D eigenvalue weighted by Gasteiger charge is -1.78. The van der Waals surface area contributed by atoms with Crippen LogP contribution in [0.4, 0.5) is 25.2 Å². The van der Waals surface area contributed by atoms with E-state index in [0.29, 0.717) is 0 Å². The molecular weight excluding hydrogens is 644 g/mol. The minimum atomic E-state index is -5.14. The summed E-state index contributed by atoms with van der Waals surface area (Å²) in [5.41, 5.74) is 0. The van der Waals surface area contributed by atoms with E-state index < -0.39 is 53.4 Å². The molecule has 0 unspecified atom stereocenters. The topological polar surface area (TPSA) is 382 Å². The van der Waals surface area contributed by atoms with Gasteiger partial charge in [0, 0.05) is 6.92 Å². The molecule has 0 radical (unpaired) electrons. The number of carboxylic acids is 1. The quantitative estimate of drug-likeness (QED) is 0.123. The van der Waals surface area contributed by atoms with Gasteiger partial charge >= 0.3 is 47.4 Å². The third kappa shape index (κ3) is 12200000. The highest BCUT2D eigenvalue weighted by Gasteiger charge is 2.06. The van der Waals surface area contributed by atoms with Crippen LogP contribution >= 0.6 is 47.4 Å². The Hall–Kier alpha value is -0.0500. The number of rotatable bonds is 0. The number of carboxylic acid groups (broad SMARTS) is 1. The minimum Gasteiger partial charge on any atom is -0.481 e. The maximum atomic E-state index is 10.4. The van der Waals surface area contributed by atoms with Crippen LogP contribution < -0.4 is 0 Å². The van der Waals surface area contributed by atoms with Gasteiger partial charge in [0.2, 0.25) is 0 Å². The van der Waals surface area contributed by atoms with Crippen molar-refractivity contribution in [3.63, 3.8) is 0 Å². The van der Waals surface area contributed by atoms with E-state index >= 15 is 0 Å². The molecule has 0 aliphatic rings. The third-order valence-electron chi connectivity index (χ3n) is 0. The molecule has 0 atom stereocenters. The molecule has 0 amide bonds. The molecule has 34 heavy (non-hydrogen) atoms. The Bertz CT molecular complexity index is 567.